The molecule has 0 unspecified atom stereocenters. The molecule has 0 saturated heterocycles. The van der Waals surface area contributed by atoms with Gasteiger partial charge in [0.1, 0.15) is 28.7 Å². The van der Waals surface area contributed by atoms with Crippen molar-refractivity contribution in [2.45, 2.75) is 11.9 Å². The zero-order valence-corrected chi connectivity index (χ0v) is 15.3. The third-order valence-corrected chi connectivity index (χ3v) is 4.50. The number of thioether (sulfide) groups is 1. The summed E-state index contributed by atoms with van der Waals surface area (Å²) >= 11 is 1.30. The molecule has 9 heteroatoms. The zero-order chi connectivity index (χ0) is 18.5. The van der Waals surface area contributed by atoms with Gasteiger partial charge in [-0.05, 0) is 19.1 Å². The summed E-state index contributed by atoms with van der Waals surface area (Å²) in [6.07, 6.45) is 3.10. The van der Waals surface area contributed by atoms with E-state index in [-0.39, 0.29) is 11.7 Å². The van der Waals surface area contributed by atoms with Crippen LogP contribution >= 0.6 is 11.8 Å². The van der Waals surface area contributed by atoms with Gasteiger partial charge in [0, 0.05) is 12.3 Å². The van der Waals surface area contributed by atoms with E-state index in [1.165, 1.54) is 25.2 Å². The standard InChI is InChI=1S/C17H17N5O3S/c1-10-18-7-12-16(21-10)19-9-20-17(12)26-8-15(23)22-13-5-4-11(24-2)6-14(13)25-3/h4-7,9H,8H2,1-3H3,(H,22,23). The minimum Gasteiger partial charge on any atom is -0.497 e. The first kappa shape index (κ1) is 17.9. The molecule has 1 aromatic carbocycles. The van der Waals surface area contributed by atoms with Gasteiger partial charge in [0.2, 0.25) is 5.91 Å². The van der Waals surface area contributed by atoms with Gasteiger partial charge in [0.05, 0.1) is 31.0 Å². The third-order valence-electron chi connectivity index (χ3n) is 3.50. The van der Waals surface area contributed by atoms with Crippen LogP contribution in [0.25, 0.3) is 11.0 Å². The van der Waals surface area contributed by atoms with Crippen LogP contribution in [0.5, 0.6) is 11.5 Å². The van der Waals surface area contributed by atoms with E-state index in [4.69, 9.17) is 9.47 Å². The summed E-state index contributed by atoms with van der Waals surface area (Å²) in [6, 6.07) is 5.19. The number of fused-ring (bicyclic) bond motifs is 1. The summed E-state index contributed by atoms with van der Waals surface area (Å²) in [6.45, 7) is 1.80. The Labute approximate surface area is 154 Å². The number of rotatable bonds is 6. The fraction of sp³-hybridized carbons (Fsp3) is 0.235. The van der Waals surface area contributed by atoms with Crippen molar-refractivity contribution in [2.24, 2.45) is 0 Å². The minimum absolute atomic E-state index is 0.176. The Balaban J connectivity index is 1.70. The Morgan fingerprint density at radius 2 is 2.04 bits per heavy atom. The van der Waals surface area contributed by atoms with Gasteiger partial charge in [-0.3, -0.25) is 4.79 Å². The van der Waals surface area contributed by atoms with Crippen LogP contribution in [-0.4, -0.2) is 45.8 Å². The average molecular weight is 371 g/mol. The van der Waals surface area contributed by atoms with Gasteiger partial charge in [-0.2, -0.15) is 0 Å². The van der Waals surface area contributed by atoms with Crippen LogP contribution in [0.1, 0.15) is 5.82 Å². The van der Waals surface area contributed by atoms with Gasteiger partial charge in [0.15, 0.2) is 5.65 Å². The van der Waals surface area contributed by atoms with Crippen molar-refractivity contribution >= 4 is 34.4 Å². The summed E-state index contributed by atoms with van der Waals surface area (Å²) in [5, 5.41) is 4.20. The highest BCUT2D eigenvalue weighted by molar-refractivity contribution is 8.00. The predicted octanol–water partition coefficient (Wildman–Crippen LogP) is 2.48. The summed E-state index contributed by atoms with van der Waals surface area (Å²) in [5.74, 6) is 1.81. The van der Waals surface area contributed by atoms with Gasteiger partial charge >= 0.3 is 0 Å². The number of amides is 1. The Kier molecular flexibility index (Phi) is 5.47. The number of benzene rings is 1. The normalized spacial score (nSPS) is 10.6. The molecule has 1 N–H and O–H groups in total. The third kappa shape index (κ3) is 3.99. The zero-order valence-electron chi connectivity index (χ0n) is 14.5. The number of carbonyl (C=O) groups excluding carboxylic acids is 1. The molecular weight excluding hydrogens is 354 g/mol. The molecule has 2 heterocycles. The number of aryl methyl sites for hydroxylation is 1. The van der Waals surface area contributed by atoms with E-state index in [1.807, 2.05) is 0 Å². The number of ether oxygens (including phenoxy) is 2. The smallest absolute Gasteiger partial charge is 0.234 e. The molecule has 3 rings (SSSR count). The van der Waals surface area contributed by atoms with Gasteiger partial charge in [-0.15, -0.1) is 0 Å². The summed E-state index contributed by atoms with van der Waals surface area (Å²) in [5.41, 5.74) is 1.14. The summed E-state index contributed by atoms with van der Waals surface area (Å²) in [7, 11) is 3.11. The molecule has 134 valence electrons. The van der Waals surface area contributed by atoms with E-state index in [0.717, 1.165) is 5.39 Å². The first-order valence-corrected chi connectivity index (χ1v) is 8.68. The maximum absolute atomic E-state index is 12.3. The van der Waals surface area contributed by atoms with Crippen LogP contribution < -0.4 is 14.8 Å². The van der Waals surface area contributed by atoms with Crippen molar-refractivity contribution in [3.8, 4) is 11.5 Å². The quantitative estimate of drug-likeness (QED) is 0.521. The molecule has 0 radical (unpaired) electrons. The molecule has 1 amide bonds. The maximum Gasteiger partial charge on any atom is 0.234 e. The molecule has 26 heavy (non-hydrogen) atoms. The van der Waals surface area contributed by atoms with Crippen LogP contribution in [0.3, 0.4) is 0 Å². The topological polar surface area (TPSA) is 99.1 Å². The van der Waals surface area contributed by atoms with Crippen molar-refractivity contribution < 1.29 is 14.3 Å². The Morgan fingerprint density at radius 1 is 1.19 bits per heavy atom. The molecule has 0 fully saturated rings. The lowest BCUT2D eigenvalue weighted by atomic mass is 10.2. The van der Waals surface area contributed by atoms with Gasteiger partial charge < -0.3 is 14.8 Å². The van der Waals surface area contributed by atoms with Crippen molar-refractivity contribution in [3.63, 3.8) is 0 Å². The first-order valence-electron chi connectivity index (χ1n) is 7.69. The second-order valence-corrected chi connectivity index (χ2v) is 6.20. The molecule has 0 aliphatic carbocycles. The number of hydrogen-bond acceptors (Lipinski definition) is 8. The van der Waals surface area contributed by atoms with Crippen LogP contribution in [0.4, 0.5) is 5.69 Å². The molecule has 0 bridgehead atoms. The predicted molar refractivity (Wildman–Crippen MR) is 98.8 cm³/mol. The van der Waals surface area contributed by atoms with E-state index in [9.17, 15) is 4.79 Å². The number of methoxy groups -OCH3 is 2. The lowest BCUT2D eigenvalue weighted by Crippen LogP contribution is -2.15. The highest BCUT2D eigenvalue weighted by Crippen LogP contribution is 2.29. The number of carbonyl (C=O) groups is 1. The Bertz CT molecular complexity index is 951. The molecule has 0 aliphatic rings. The second kappa shape index (κ2) is 7.96. The summed E-state index contributed by atoms with van der Waals surface area (Å²) in [4.78, 5) is 29.1. The monoisotopic (exact) mass is 371 g/mol. The van der Waals surface area contributed by atoms with E-state index in [1.54, 1.807) is 38.4 Å². The highest BCUT2D eigenvalue weighted by atomic mass is 32.2. The SMILES string of the molecule is COc1ccc(NC(=O)CSc2ncnc3nc(C)ncc23)c(OC)c1. The molecule has 2 aromatic heterocycles. The van der Waals surface area contributed by atoms with E-state index in [2.05, 4.69) is 25.3 Å². The summed E-state index contributed by atoms with van der Waals surface area (Å²) < 4.78 is 10.4. The maximum atomic E-state index is 12.3. The molecule has 3 aromatic rings. The lowest BCUT2D eigenvalue weighted by molar-refractivity contribution is -0.113. The largest absolute Gasteiger partial charge is 0.497 e. The minimum atomic E-state index is -0.182. The second-order valence-electron chi connectivity index (χ2n) is 5.24. The van der Waals surface area contributed by atoms with Gasteiger partial charge in [0.25, 0.3) is 0 Å². The molecule has 0 aliphatic heterocycles. The van der Waals surface area contributed by atoms with Gasteiger partial charge in [-0.25, -0.2) is 19.9 Å². The Morgan fingerprint density at radius 3 is 2.81 bits per heavy atom. The van der Waals surface area contributed by atoms with Crippen LogP contribution in [-0.2, 0) is 4.79 Å². The van der Waals surface area contributed by atoms with Gasteiger partial charge in [-0.1, -0.05) is 11.8 Å². The molecule has 8 nitrogen and oxygen atoms in total. The number of nitrogens with one attached hydrogen (secondary N) is 1. The fourth-order valence-corrected chi connectivity index (χ4v) is 3.01. The van der Waals surface area contributed by atoms with Crippen LogP contribution in [0, 0.1) is 6.92 Å². The molecule has 0 atom stereocenters. The molecule has 0 spiro atoms. The van der Waals surface area contributed by atoms with Crippen molar-refractivity contribution in [2.75, 3.05) is 25.3 Å². The highest BCUT2D eigenvalue weighted by Gasteiger charge is 2.12. The molecule has 0 saturated carbocycles. The van der Waals surface area contributed by atoms with E-state index < -0.39 is 0 Å². The lowest BCUT2D eigenvalue weighted by Gasteiger charge is -2.11. The van der Waals surface area contributed by atoms with E-state index >= 15 is 0 Å². The van der Waals surface area contributed by atoms with Crippen LogP contribution in [0.15, 0.2) is 35.7 Å². The number of anilines is 1. The van der Waals surface area contributed by atoms with Crippen molar-refractivity contribution in [3.05, 3.63) is 36.5 Å². The van der Waals surface area contributed by atoms with E-state index in [0.29, 0.717) is 33.7 Å². The Hall–Kier alpha value is -2.94. The molecular formula is C17H17N5O3S. The number of aromatic nitrogens is 4. The number of nitrogens with zero attached hydrogens (tertiary/aromatic N) is 4. The fourth-order valence-electron chi connectivity index (χ4n) is 2.25. The average Bonchev–Trinajstić information content (AvgIpc) is 2.66. The van der Waals surface area contributed by atoms with Crippen molar-refractivity contribution in [1.82, 2.24) is 19.9 Å². The van der Waals surface area contributed by atoms with Crippen LogP contribution in [0.2, 0.25) is 0 Å². The number of hydrogen-bond donors (Lipinski definition) is 1. The van der Waals surface area contributed by atoms with Crippen molar-refractivity contribution in [1.29, 1.82) is 0 Å². The first-order chi connectivity index (χ1) is 12.6.